The molecule has 1 N–H and O–H groups in total. The van der Waals surface area contributed by atoms with Crippen LogP contribution in [0.1, 0.15) is 136 Å². The Hall–Kier alpha value is -4.45. The molecule has 3 aliphatic heterocycles. The van der Waals surface area contributed by atoms with Gasteiger partial charge in [-0.05, 0) is 102 Å². The summed E-state index contributed by atoms with van der Waals surface area (Å²) < 4.78 is 39.1. The zero-order chi connectivity index (χ0) is 37.5. The highest BCUT2D eigenvalue weighted by molar-refractivity contribution is 6.30. The van der Waals surface area contributed by atoms with Crippen molar-refractivity contribution in [1.29, 1.82) is 0 Å². The van der Waals surface area contributed by atoms with E-state index in [0.29, 0.717) is 23.6 Å². The van der Waals surface area contributed by atoms with E-state index in [-0.39, 0.29) is 47.6 Å². The lowest BCUT2D eigenvalue weighted by Gasteiger charge is -2.26. The highest BCUT2D eigenvalue weighted by Crippen LogP contribution is 2.40. The second-order valence-electron chi connectivity index (χ2n) is 14.1. The number of amides is 3. The first-order valence-corrected chi connectivity index (χ1v) is 17.4. The molecule has 272 valence electrons. The summed E-state index contributed by atoms with van der Waals surface area (Å²) in [6, 6.07) is 9.17. The van der Waals surface area contributed by atoms with Crippen LogP contribution in [-0.2, 0) is 25.8 Å². The van der Waals surface area contributed by atoms with E-state index in [4.69, 9.17) is 16.7 Å². The van der Waals surface area contributed by atoms with Crippen molar-refractivity contribution in [3.63, 3.8) is 0 Å². The van der Waals surface area contributed by atoms with E-state index in [1.807, 2.05) is 41.8 Å². The molecule has 1 aliphatic carbocycles. The predicted octanol–water partition coefficient (Wildman–Crippen LogP) is 8.19. The third-order valence-corrected chi connectivity index (χ3v) is 10.0. The Labute approximate surface area is 300 Å². The molecule has 3 aromatic rings. The fourth-order valence-corrected chi connectivity index (χ4v) is 6.87. The number of rotatable bonds is 5. The standard InChI is InChI=1S/C14H18N2O.C13H12F3NO3.C11H12ClNO/c1-9(2)16-8-12-11(14(16)17)6-7-15-13(12)10-4-3-5-10;1-6(2)17-5-9-8(11(17)18)3-7(12(19)20)4-10(9)13(14,15)16;1-7(2)13-6-8-5-9(12)3-4-10(8)11(13)14/h6-7,9-10H,3-5,8H2,1-2H3;3-4,6H,5H2,1-2H3,(H,19,20);3-5,7H,6H2,1-2H3. The number of carbonyl (C=O) groups is 4. The number of aromatic carboxylic acids is 1. The number of pyridine rings is 1. The third-order valence-electron chi connectivity index (χ3n) is 9.79. The molecule has 2 aromatic carbocycles. The van der Waals surface area contributed by atoms with Crippen LogP contribution in [0, 0.1) is 0 Å². The molecule has 51 heavy (non-hydrogen) atoms. The van der Waals surface area contributed by atoms with Gasteiger partial charge >= 0.3 is 12.1 Å². The topological polar surface area (TPSA) is 111 Å². The summed E-state index contributed by atoms with van der Waals surface area (Å²) in [6.07, 6.45) is 0.882. The van der Waals surface area contributed by atoms with Crippen LogP contribution in [0.5, 0.6) is 0 Å². The summed E-state index contributed by atoms with van der Waals surface area (Å²) in [4.78, 5) is 56.6. The number of hydrogen-bond donors (Lipinski definition) is 1. The minimum absolute atomic E-state index is 0.117. The molecule has 4 heterocycles. The number of nitrogens with zero attached hydrogens (tertiary/aromatic N) is 4. The van der Waals surface area contributed by atoms with Crippen molar-refractivity contribution in [2.45, 2.75) is 111 Å². The number of fused-ring (bicyclic) bond motifs is 3. The van der Waals surface area contributed by atoms with Gasteiger partial charge in [0.15, 0.2) is 0 Å². The van der Waals surface area contributed by atoms with E-state index in [0.717, 1.165) is 29.3 Å². The van der Waals surface area contributed by atoms with E-state index >= 15 is 0 Å². The molecule has 7 rings (SSSR count). The maximum atomic E-state index is 13.0. The molecular formula is C38H42ClF3N4O5. The van der Waals surface area contributed by atoms with Crippen molar-refractivity contribution in [2.24, 2.45) is 0 Å². The van der Waals surface area contributed by atoms with E-state index in [9.17, 15) is 32.3 Å². The first kappa shape index (κ1) is 37.8. The molecule has 9 nitrogen and oxygen atoms in total. The van der Waals surface area contributed by atoms with Gasteiger partial charge in [-0.1, -0.05) is 18.0 Å². The van der Waals surface area contributed by atoms with Crippen LogP contribution < -0.4 is 0 Å². The molecule has 13 heteroatoms. The maximum Gasteiger partial charge on any atom is 0.416 e. The van der Waals surface area contributed by atoms with Gasteiger partial charge in [0.05, 0.1) is 11.1 Å². The van der Waals surface area contributed by atoms with Crippen molar-refractivity contribution < 1.29 is 37.5 Å². The molecule has 1 saturated carbocycles. The number of carbonyl (C=O) groups excluding carboxylic acids is 3. The van der Waals surface area contributed by atoms with Crippen LogP contribution in [0.25, 0.3) is 0 Å². The summed E-state index contributed by atoms with van der Waals surface area (Å²) in [6.45, 7) is 12.8. The van der Waals surface area contributed by atoms with E-state index in [1.54, 1.807) is 26.1 Å². The van der Waals surface area contributed by atoms with Crippen LogP contribution in [0.15, 0.2) is 42.6 Å². The number of carboxylic acid groups (broad SMARTS) is 1. The number of alkyl halides is 3. The SMILES string of the molecule is CC(C)N1Cc2c(cc(C(=O)O)cc2C(F)(F)F)C1=O.CC(C)N1Cc2c(ccnc2C2CCC2)C1=O.CC(C)N1Cc2cc(Cl)ccc2C1=O. The molecule has 1 fully saturated rings. The van der Waals surface area contributed by atoms with Crippen LogP contribution in [-0.4, -0.2) is 66.6 Å². The first-order valence-electron chi connectivity index (χ1n) is 17.1. The molecule has 1 aromatic heterocycles. The quantitative estimate of drug-likeness (QED) is 0.284. The first-order chi connectivity index (χ1) is 23.9. The zero-order valence-electron chi connectivity index (χ0n) is 29.5. The minimum atomic E-state index is -4.69. The van der Waals surface area contributed by atoms with Crippen molar-refractivity contribution in [3.8, 4) is 0 Å². The summed E-state index contributed by atoms with van der Waals surface area (Å²) in [7, 11) is 0. The molecule has 0 bridgehead atoms. The molecule has 0 radical (unpaired) electrons. The number of hydrogen-bond acceptors (Lipinski definition) is 5. The summed E-state index contributed by atoms with van der Waals surface area (Å²) >= 11 is 5.87. The van der Waals surface area contributed by atoms with Gasteiger partial charge in [0.2, 0.25) is 0 Å². The van der Waals surface area contributed by atoms with Crippen LogP contribution in [0.4, 0.5) is 13.2 Å². The van der Waals surface area contributed by atoms with Gasteiger partial charge in [0, 0.05) is 82.8 Å². The Balaban J connectivity index is 0.000000150. The lowest BCUT2D eigenvalue weighted by Crippen LogP contribution is -2.30. The molecule has 4 aliphatic rings. The van der Waals surface area contributed by atoms with Crippen LogP contribution in [0.3, 0.4) is 0 Å². The molecular weight excluding hydrogens is 685 g/mol. The van der Waals surface area contributed by atoms with Gasteiger partial charge in [-0.25, -0.2) is 4.79 Å². The van der Waals surface area contributed by atoms with Crippen molar-refractivity contribution in [2.75, 3.05) is 0 Å². The number of halogens is 4. The Morgan fingerprint density at radius 1 is 0.784 bits per heavy atom. The van der Waals surface area contributed by atoms with Crippen LogP contribution >= 0.6 is 11.6 Å². The largest absolute Gasteiger partial charge is 0.478 e. The highest BCUT2D eigenvalue weighted by atomic mass is 35.5. The fraction of sp³-hybridized carbons (Fsp3) is 0.447. The van der Waals surface area contributed by atoms with E-state index in [2.05, 4.69) is 18.8 Å². The van der Waals surface area contributed by atoms with Gasteiger partial charge in [-0.15, -0.1) is 0 Å². The van der Waals surface area contributed by atoms with Gasteiger partial charge in [0.1, 0.15) is 0 Å². The number of aromatic nitrogens is 1. The zero-order valence-corrected chi connectivity index (χ0v) is 30.2. The Bertz CT molecular complexity index is 1870. The second kappa shape index (κ2) is 14.7. The molecule has 3 amide bonds. The van der Waals surface area contributed by atoms with Gasteiger partial charge < -0.3 is 19.8 Å². The molecule has 0 spiro atoms. The summed E-state index contributed by atoms with van der Waals surface area (Å²) in [5.74, 6) is -1.16. The minimum Gasteiger partial charge on any atom is -0.478 e. The van der Waals surface area contributed by atoms with Crippen LogP contribution in [0.2, 0.25) is 5.02 Å². The van der Waals surface area contributed by atoms with Crippen molar-refractivity contribution in [1.82, 2.24) is 19.7 Å². The van der Waals surface area contributed by atoms with Gasteiger partial charge in [-0.2, -0.15) is 13.2 Å². The van der Waals surface area contributed by atoms with E-state index < -0.39 is 29.2 Å². The predicted molar refractivity (Wildman–Crippen MR) is 186 cm³/mol. The second-order valence-corrected chi connectivity index (χ2v) is 14.5. The monoisotopic (exact) mass is 726 g/mol. The lowest BCUT2D eigenvalue weighted by atomic mass is 9.80. The lowest BCUT2D eigenvalue weighted by molar-refractivity contribution is -0.138. The number of carboxylic acids is 1. The molecule has 0 saturated heterocycles. The maximum absolute atomic E-state index is 13.0. The highest BCUT2D eigenvalue weighted by Gasteiger charge is 2.41. The normalized spacial score (nSPS) is 16.6. The average Bonchev–Trinajstić information content (AvgIpc) is 3.67. The fourth-order valence-electron chi connectivity index (χ4n) is 6.67. The Morgan fingerprint density at radius 2 is 1.33 bits per heavy atom. The van der Waals surface area contributed by atoms with Gasteiger partial charge in [-0.3, -0.25) is 19.4 Å². The van der Waals surface area contributed by atoms with Crippen molar-refractivity contribution in [3.05, 3.63) is 97.8 Å². The van der Waals surface area contributed by atoms with Crippen molar-refractivity contribution >= 4 is 35.3 Å². The molecule has 0 atom stereocenters. The molecule has 0 unspecified atom stereocenters. The van der Waals surface area contributed by atoms with E-state index in [1.165, 1.54) is 35.4 Å². The summed E-state index contributed by atoms with van der Waals surface area (Å²) in [5, 5.41) is 9.57. The van der Waals surface area contributed by atoms with Gasteiger partial charge in [0.25, 0.3) is 17.7 Å². The number of benzene rings is 2. The smallest absolute Gasteiger partial charge is 0.416 e. The Kier molecular flexibility index (Phi) is 10.9. The Morgan fingerprint density at radius 3 is 1.86 bits per heavy atom. The average molecular weight is 727 g/mol. The summed E-state index contributed by atoms with van der Waals surface area (Å²) in [5.41, 5.74) is 3.18. The third kappa shape index (κ3) is 7.61.